The fourth-order valence-electron chi connectivity index (χ4n) is 10.2. The second kappa shape index (κ2) is 27.0. The number of ketones is 3. The molecule has 2 bridgehead atoms. The van der Waals surface area contributed by atoms with Crippen LogP contribution in [0.15, 0.2) is 47.6 Å². The van der Waals surface area contributed by atoms with E-state index in [2.05, 4.69) is 0 Å². The third kappa shape index (κ3) is 15.8. The number of cyclic esters (lactones) is 1. The maximum atomic E-state index is 14.4. The lowest BCUT2D eigenvalue weighted by atomic mass is 9.80. The lowest BCUT2D eigenvalue weighted by molar-refractivity contribution is -0.265. The van der Waals surface area contributed by atoms with Crippen molar-refractivity contribution >= 4 is 35.2 Å². The summed E-state index contributed by atoms with van der Waals surface area (Å²) in [5, 5.41) is 32.6. The standard InChI is InChI=1S/C52H80N2O15/c1-30-15-11-10-12-16-31(2)42(64-7)27-37-20-18-35(6)52(63,69-37)49(60)50(61)54-22-14-13-17-39(54)51(62)68-43(38(53)25-36-19-21-41(44(26-36)65-8)67-29-45(56)57)28-40(55)32(3)24-34(5)47(59)48(66-9)46(58)33(4)23-30/h10-12,15-16,24,30,32-33,35-39,41-44,47-48,59,63H,13-14,17-23,25-29,53H2,1-9H3,(H,56,57)/b12-10+,15-11+,31-16+,34-24+/t30-,32-,33-,35-,36+,37+,38-,39+,41-,42+,43+,44-,47-,48+,52-/m1/s1. The van der Waals surface area contributed by atoms with Gasteiger partial charge in [-0.3, -0.25) is 19.2 Å². The van der Waals surface area contributed by atoms with Crippen molar-refractivity contribution in [1.29, 1.82) is 0 Å². The Kier molecular flexibility index (Phi) is 22.6. The van der Waals surface area contributed by atoms with Gasteiger partial charge < -0.3 is 54.4 Å². The molecule has 2 saturated heterocycles. The van der Waals surface area contributed by atoms with Crippen LogP contribution in [0.1, 0.15) is 119 Å². The Morgan fingerprint density at radius 3 is 2.28 bits per heavy atom. The molecule has 0 aromatic heterocycles. The summed E-state index contributed by atoms with van der Waals surface area (Å²) in [6.45, 7) is 10.1. The van der Waals surface area contributed by atoms with Crippen LogP contribution < -0.4 is 5.73 Å². The number of esters is 1. The largest absolute Gasteiger partial charge is 0.480 e. The summed E-state index contributed by atoms with van der Waals surface area (Å²) in [5.41, 5.74) is 8.08. The SMILES string of the molecule is CO[C@H]1C[C@@H]2CC[C@@H](C)[C@@](O)(O2)C(=O)C(=O)N2CCCC[C@H]2C(=O)O[C@H]([C@H](N)C[C@@H]2CC[C@@H](OCC(=O)O)[C@H](OC)C2)CC(=O)[C@H](C)/C=C(\C)[C@@H](O)[C@@H](OC)C(=O)[C@H](C)C[C@H](C)/C=C/C=C/C=C/1C. The van der Waals surface area contributed by atoms with Crippen LogP contribution in [-0.2, 0) is 57.2 Å². The van der Waals surface area contributed by atoms with Gasteiger partial charge in [-0.15, -0.1) is 0 Å². The number of carboxylic acid groups (broad SMARTS) is 1. The second-order valence-electron chi connectivity index (χ2n) is 20.0. The van der Waals surface area contributed by atoms with E-state index in [-0.39, 0.29) is 55.6 Å². The van der Waals surface area contributed by atoms with Crippen molar-refractivity contribution < 1.29 is 72.5 Å². The van der Waals surface area contributed by atoms with Gasteiger partial charge in [0.05, 0.1) is 24.4 Å². The second-order valence-corrected chi connectivity index (χ2v) is 20.0. The first-order valence-corrected chi connectivity index (χ1v) is 24.7. The molecule has 0 radical (unpaired) electrons. The van der Waals surface area contributed by atoms with Crippen LogP contribution >= 0.6 is 0 Å². The third-order valence-corrected chi connectivity index (χ3v) is 14.6. The normalized spacial score (nSPS) is 38.7. The molecule has 388 valence electrons. The van der Waals surface area contributed by atoms with Crippen LogP contribution in [-0.4, -0.2) is 150 Å². The predicted molar refractivity (Wildman–Crippen MR) is 255 cm³/mol. The fraction of sp³-hybridized carbons (Fsp3) is 0.731. The van der Waals surface area contributed by atoms with E-state index in [9.17, 15) is 44.1 Å². The summed E-state index contributed by atoms with van der Waals surface area (Å²) in [6, 6.07) is -2.13. The number of nitrogens with two attached hydrogens (primary N) is 1. The van der Waals surface area contributed by atoms with Gasteiger partial charge in [-0.25, -0.2) is 9.59 Å². The summed E-state index contributed by atoms with van der Waals surface area (Å²) in [5.74, 6) is -9.50. The molecule has 3 fully saturated rings. The topological polar surface area (TPSA) is 248 Å². The predicted octanol–water partition coefficient (Wildman–Crippen LogP) is 4.98. The first-order chi connectivity index (χ1) is 32.6. The van der Waals surface area contributed by atoms with Crippen LogP contribution in [0.2, 0.25) is 0 Å². The Balaban J connectivity index is 1.70. The number of aliphatic hydroxyl groups excluding tert-OH is 1. The number of methoxy groups -OCH3 is 3. The van der Waals surface area contributed by atoms with Crippen molar-refractivity contribution in [2.75, 3.05) is 34.5 Å². The number of aliphatic hydroxyl groups is 2. The summed E-state index contributed by atoms with van der Waals surface area (Å²) in [4.78, 5) is 83.1. The van der Waals surface area contributed by atoms with Gasteiger partial charge >= 0.3 is 11.9 Å². The number of ether oxygens (including phenoxy) is 6. The molecule has 17 heteroatoms. The highest BCUT2D eigenvalue weighted by atomic mass is 16.6. The number of allylic oxidation sites excluding steroid dienone is 6. The number of rotatable bonds is 9. The summed E-state index contributed by atoms with van der Waals surface area (Å²) >= 11 is 0. The average Bonchev–Trinajstić information content (AvgIpc) is 3.32. The van der Waals surface area contributed by atoms with E-state index < -0.39 is 109 Å². The summed E-state index contributed by atoms with van der Waals surface area (Å²) < 4.78 is 35.0. The van der Waals surface area contributed by atoms with E-state index in [1.54, 1.807) is 40.9 Å². The first kappa shape index (κ1) is 57.6. The molecule has 1 saturated carbocycles. The highest BCUT2D eigenvalue weighted by Gasteiger charge is 2.53. The summed E-state index contributed by atoms with van der Waals surface area (Å²) in [7, 11) is 4.43. The Hall–Kier alpha value is -3.94. The molecular weight excluding hydrogens is 893 g/mol. The number of hydrogen-bond acceptors (Lipinski definition) is 15. The van der Waals surface area contributed by atoms with Gasteiger partial charge in [0.1, 0.15) is 36.7 Å². The monoisotopic (exact) mass is 973 g/mol. The maximum Gasteiger partial charge on any atom is 0.329 e. The first-order valence-electron chi connectivity index (χ1n) is 24.7. The van der Waals surface area contributed by atoms with Gasteiger partial charge in [0.25, 0.3) is 11.7 Å². The van der Waals surface area contributed by atoms with Gasteiger partial charge in [-0.1, -0.05) is 64.2 Å². The van der Waals surface area contributed by atoms with Crippen molar-refractivity contribution in [3.8, 4) is 0 Å². The molecular formula is C52H80N2O15. The number of piperidine rings is 1. The van der Waals surface area contributed by atoms with Crippen molar-refractivity contribution in [1.82, 2.24) is 4.90 Å². The van der Waals surface area contributed by atoms with Gasteiger partial charge in [0.15, 0.2) is 5.78 Å². The number of carboxylic acids is 1. The number of carbonyl (C=O) groups excluding carboxylic acids is 5. The van der Waals surface area contributed by atoms with E-state index >= 15 is 0 Å². The van der Waals surface area contributed by atoms with Gasteiger partial charge in [0.2, 0.25) is 5.79 Å². The highest BCUT2D eigenvalue weighted by molar-refractivity contribution is 6.39. The smallest absolute Gasteiger partial charge is 0.329 e. The van der Waals surface area contributed by atoms with E-state index in [0.29, 0.717) is 56.9 Å². The lowest BCUT2D eigenvalue weighted by Crippen LogP contribution is -2.61. The number of carbonyl (C=O) groups is 6. The van der Waals surface area contributed by atoms with Crippen molar-refractivity contribution in [3.05, 3.63) is 47.6 Å². The molecule has 69 heavy (non-hydrogen) atoms. The summed E-state index contributed by atoms with van der Waals surface area (Å²) in [6.07, 6.45) is 9.61. The van der Waals surface area contributed by atoms with Crippen LogP contribution in [0, 0.1) is 29.6 Å². The number of fused-ring (bicyclic) bond motifs is 3. The average molecular weight is 973 g/mol. The van der Waals surface area contributed by atoms with E-state index in [0.717, 1.165) is 10.5 Å². The fourth-order valence-corrected chi connectivity index (χ4v) is 10.2. The zero-order chi connectivity index (χ0) is 51.2. The van der Waals surface area contributed by atoms with E-state index in [1.807, 2.05) is 44.2 Å². The number of Topliss-reactive ketones (excluding diaryl/α,β-unsaturated/α-hetero) is 3. The number of aliphatic carboxylic acids is 1. The van der Waals surface area contributed by atoms with Crippen LogP contribution in [0.4, 0.5) is 0 Å². The molecule has 5 N–H and O–H groups in total. The molecule has 0 spiro atoms. The highest BCUT2D eigenvalue weighted by Crippen LogP contribution is 2.37. The minimum Gasteiger partial charge on any atom is -0.480 e. The minimum atomic E-state index is -2.47. The Bertz CT molecular complexity index is 1900. The third-order valence-electron chi connectivity index (χ3n) is 14.6. The molecule has 0 aromatic carbocycles. The Morgan fingerprint density at radius 2 is 1.61 bits per heavy atom. The zero-order valence-corrected chi connectivity index (χ0v) is 42.2. The molecule has 15 atom stereocenters. The molecule has 17 nitrogen and oxygen atoms in total. The minimum absolute atomic E-state index is 0.00649. The molecule has 0 unspecified atom stereocenters. The van der Waals surface area contributed by atoms with Crippen molar-refractivity contribution in [2.24, 2.45) is 35.3 Å². The molecule has 3 heterocycles. The van der Waals surface area contributed by atoms with Crippen LogP contribution in [0.3, 0.4) is 0 Å². The number of hydrogen-bond donors (Lipinski definition) is 4. The van der Waals surface area contributed by atoms with Gasteiger partial charge in [0, 0.05) is 64.5 Å². The molecule has 1 amide bonds. The van der Waals surface area contributed by atoms with Crippen LogP contribution in [0.5, 0.6) is 0 Å². The lowest BCUT2D eigenvalue weighted by Gasteiger charge is -2.42. The molecule has 4 rings (SSSR count). The maximum absolute atomic E-state index is 14.4. The van der Waals surface area contributed by atoms with Gasteiger partial charge in [-0.2, -0.15) is 0 Å². The van der Waals surface area contributed by atoms with Crippen molar-refractivity contribution in [2.45, 2.75) is 179 Å². The quantitative estimate of drug-likeness (QED) is 0.135. The van der Waals surface area contributed by atoms with E-state index in [4.69, 9.17) is 34.2 Å². The van der Waals surface area contributed by atoms with Crippen LogP contribution in [0.25, 0.3) is 0 Å². The molecule has 3 aliphatic heterocycles. The molecule has 4 aliphatic rings. The molecule has 0 aromatic rings. The number of amides is 1. The number of nitrogens with zero attached hydrogens (tertiary/aromatic N) is 1. The Labute approximate surface area is 408 Å². The van der Waals surface area contributed by atoms with Gasteiger partial charge in [-0.05, 0) is 101 Å². The zero-order valence-electron chi connectivity index (χ0n) is 42.2. The van der Waals surface area contributed by atoms with E-state index in [1.165, 1.54) is 14.2 Å². The Morgan fingerprint density at radius 1 is 0.884 bits per heavy atom. The molecule has 1 aliphatic carbocycles. The van der Waals surface area contributed by atoms with Crippen molar-refractivity contribution in [3.63, 3.8) is 0 Å².